The number of nitrogens with one attached hydrogen (secondary N) is 1. The third-order valence-electron chi connectivity index (χ3n) is 1.76. The first-order valence-corrected chi connectivity index (χ1v) is 5.69. The molecule has 0 saturated heterocycles. The predicted octanol–water partition coefficient (Wildman–Crippen LogP) is 1.76. The molecule has 0 aromatic carbocycles. The summed E-state index contributed by atoms with van der Waals surface area (Å²) in [5.74, 6) is 6.50. The zero-order valence-electron chi connectivity index (χ0n) is 7.60. The van der Waals surface area contributed by atoms with Gasteiger partial charge >= 0.3 is 0 Å². The minimum absolute atomic E-state index is 0.511. The van der Waals surface area contributed by atoms with Gasteiger partial charge in [-0.25, -0.2) is 0 Å². The van der Waals surface area contributed by atoms with Gasteiger partial charge in [0.25, 0.3) is 0 Å². The van der Waals surface area contributed by atoms with Gasteiger partial charge in [-0.15, -0.1) is 0 Å². The molecule has 0 aliphatic carbocycles. The van der Waals surface area contributed by atoms with Crippen molar-refractivity contribution in [2.24, 2.45) is 5.84 Å². The quantitative estimate of drug-likeness (QED) is 0.353. The highest BCUT2D eigenvalue weighted by Gasteiger charge is 2.03. The Morgan fingerprint density at radius 2 is 2.18 bits per heavy atom. The molecule has 1 unspecified atom stereocenters. The van der Waals surface area contributed by atoms with Crippen LogP contribution >= 0.6 is 11.8 Å². The minimum Gasteiger partial charge on any atom is -0.271 e. The molecule has 11 heavy (non-hydrogen) atoms. The Labute approximate surface area is 74.3 Å². The molecule has 0 aromatic heterocycles. The molecule has 0 heterocycles. The highest BCUT2D eigenvalue weighted by molar-refractivity contribution is 7.98. The normalized spacial score (nSPS) is 13.4. The summed E-state index contributed by atoms with van der Waals surface area (Å²) in [4.78, 5) is 0. The van der Waals surface area contributed by atoms with Crippen LogP contribution in [0.1, 0.15) is 32.6 Å². The average molecular weight is 176 g/mol. The molecule has 0 saturated carbocycles. The maximum absolute atomic E-state index is 5.38. The number of hydrazine groups is 1. The van der Waals surface area contributed by atoms with Crippen LogP contribution in [0.15, 0.2) is 0 Å². The van der Waals surface area contributed by atoms with E-state index in [0.29, 0.717) is 6.04 Å². The molecule has 3 heteroatoms. The smallest absolute Gasteiger partial charge is 0.0301 e. The lowest BCUT2D eigenvalue weighted by Gasteiger charge is -2.13. The van der Waals surface area contributed by atoms with Gasteiger partial charge in [-0.05, 0) is 12.7 Å². The maximum atomic E-state index is 5.38. The van der Waals surface area contributed by atoms with E-state index >= 15 is 0 Å². The van der Waals surface area contributed by atoms with Crippen molar-refractivity contribution >= 4 is 11.8 Å². The van der Waals surface area contributed by atoms with Crippen molar-refractivity contribution in [2.75, 3.05) is 12.0 Å². The largest absolute Gasteiger partial charge is 0.271 e. The second kappa shape index (κ2) is 8.37. The van der Waals surface area contributed by atoms with E-state index in [-0.39, 0.29) is 0 Å². The Morgan fingerprint density at radius 1 is 1.45 bits per heavy atom. The molecule has 0 amide bonds. The molecule has 0 aliphatic rings. The monoisotopic (exact) mass is 176 g/mol. The summed E-state index contributed by atoms with van der Waals surface area (Å²) < 4.78 is 0. The second-order valence-electron chi connectivity index (χ2n) is 2.81. The number of hydrogen-bond donors (Lipinski definition) is 2. The number of nitrogens with two attached hydrogens (primary N) is 1. The Hall–Kier alpha value is 0.270. The fourth-order valence-electron chi connectivity index (χ4n) is 1.06. The molecule has 2 nitrogen and oxygen atoms in total. The lowest BCUT2D eigenvalue weighted by atomic mass is 10.1. The van der Waals surface area contributed by atoms with E-state index in [0.717, 1.165) is 5.75 Å². The van der Waals surface area contributed by atoms with Gasteiger partial charge in [0.2, 0.25) is 0 Å². The third-order valence-corrected chi connectivity index (χ3v) is 2.50. The SMILES string of the molecule is CCCCCC(CSC)NN. The predicted molar refractivity (Wildman–Crippen MR) is 53.6 cm³/mol. The molecular weight excluding hydrogens is 156 g/mol. The number of rotatable bonds is 7. The highest BCUT2D eigenvalue weighted by atomic mass is 32.2. The molecule has 0 radical (unpaired) electrons. The number of hydrogen-bond acceptors (Lipinski definition) is 3. The summed E-state index contributed by atoms with van der Waals surface area (Å²) in [6.45, 7) is 2.22. The molecule has 0 spiro atoms. The summed E-state index contributed by atoms with van der Waals surface area (Å²) in [7, 11) is 0. The lowest BCUT2D eigenvalue weighted by Crippen LogP contribution is -2.36. The first-order chi connectivity index (χ1) is 5.35. The fourth-order valence-corrected chi connectivity index (χ4v) is 1.72. The van der Waals surface area contributed by atoms with E-state index in [1.807, 2.05) is 11.8 Å². The van der Waals surface area contributed by atoms with Gasteiger partial charge < -0.3 is 0 Å². The molecule has 0 rings (SSSR count). The fraction of sp³-hybridized carbons (Fsp3) is 1.00. The van der Waals surface area contributed by atoms with Gasteiger partial charge in [0.15, 0.2) is 0 Å². The van der Waals surface area contributed by atoms with Crippen LogP contribution in [0.3, 0.4) is 0 Å². The molecule has 0 aliphatic heterocycles. The standard InChI is InChI=1S/C8H20N2S/c1-3-4-5-6-8(10-9)7-11-2/h8,10H,3-7,9H2,1-2H3. The molecule has 68 valence electrons. The Kier molecular flexibility index (Phi) is 8.57. The van der Waals surface area contributed by atoms with Gasteiger partial charge in [-0.3, -0.25) is 11.3 Å². The van der Waals surface area contributed by atoms with Crippen LogP contribution < -0.4 is 11.3 Å². The van der Waals surface area contributed by atoms with E-state index in [2.05, 4.69) is 18.6 Å². The van der Waals surface area contributed by atoms with Crippen LogP contribution in [0.5, 0.6) is 0 Å². The summed E-state index contributed by atoms with van der Waals surface area (Å²) in [6.07, 6.45) is 7.24. The van der Waals surface area contributed by atoms with Crippen LogP contribution in [-0.2, 0) is 0 Å². The second-order valence-corrected chi connectivity index (χ2v) is 3.73. The van der Waals surface area contributed by atoms with Crippen LogP contribution in [0.25, 0.3) is 0 Å². The molecule has 1 atom stereocenters. The Morgan fingerprint density at radius 3 is 2.64 bits per heavy atom. The third kappa shape index (κ3) is 6.66. The number of thioether (sulfide) groups is 1. The molecular formula is C8H20N2S. The average Bonchev–Trinajstić information content (AvgIpc) is 2.03. The van der Waals surface area contributed by atoms with Gasteiger partial charge in [0.05, 0.1) is 0 Å². The molecule has 0 bridgehead atoms. The first kappa shape index (κ1) is 11.3. The lowest BCUT2D eigenvalue weighted by molar-refractivity contribution is 0.507. The first-order valence-electron chi connectivity index (χ1n) is 4.30. The van der Waals surface area contributed by atoms with Crippen molar-refractivity contribution in [1.29, 1.82) is 0 Å². The van der Waals surface area contributed by atoms with Gasteiger partial charge in [0.1, 0.15) is 0 Å². The number of unbranched alkanes of at least 4 members (excludes halogenated alkanes) is 2. The van der Waals surface area contributed by atoms with E-state index in [1.165, 1.54) is 25.7 Å². The van der Waals surface area contributed by atoms with Crippen molar-refractivity contribution in [3.05, 3.63) is 0 Å². The van der Waals surface area contributed by atoms with E-state index in [1.54, 1.807) is 0 Å². The summed E-state index contributed by atoms with van der Waals surface area (Å²) in [5, 5.41) is 0. The van der Waals surface area contributed by atoms with Crippen molar-refractivity contribution in [2.45, 2.75) is 38.6 Å². The zero-order chi connectivity index (χ0) is 8.53. The van der Waals surface area contributed by atoms with Gasteiger partial charge in [-0.1, -0.05) is 26.2 Å². The Balaban J connectivity index is 3.20. The summed E-state index contributed by atoms with van der Waals surface area (Å²) >= 11 is 1.85. The van der Waals surface area contributed by atoms with Crippen molar-refractivity contribution in [3.63, 3.8) is 0 Å². The van der Waals surface area contributed by atoms with Crippen LogP contribution in [-0.4, -0.2) is 18.1 Å². The van der Waals surface area contributed by atoms with Crippen LogP contribution in [0.2, 0.25) is 0 Å². The van der Waals surface area contributed by atoms with Crippen LogP contribution in [0, 0.1) is 0 Å². The molecule has 0 aromatic rings. The highest BCUT2D eigenvalue weighted by Crippen LogP contribution is 2.06. The van der Waals surface area contributed by atoms with E-state index in [9.17, 15) is 0 Å². The van der Waals surface area contributed by atoms with Crippen molar-refractivity contribution < 1.29 is 0 Å². The van der Waals surface area contributed by atoms with Crippen molar-refractivity contribution in [1.82, 2.24) is 5.43 Å². The Bertz CT molecular complexity index is 78.5. The van der Waals surface area contributed by atoms with Gasteiger partial charge in [0, 0.05) is 11.8 Å². The molecule has 0 fully saturated rings. The summed E-state index contributed by atoms with van der Waals surface area (Å²) in [6, 6.07) is 0.511. The van der Waals surface area contributed by atoms with E-state index in [4.69, 9.17) is 5.84 Å². The zero-order valence-corrected chi connectivity index (χ0v) is 8.41. The maximum Gasteiger partial charge on any atom is 0.0301 e. The minimum atomic E-state index is 0.511. The van der Waals surface area contributed by atoms with Crippen molar-refractivity contribution in [3.8, 4) is 0 Å². The summed E-state index contributed by atoms with van der Waals surface area (Å²) in [5.41, 5.74) is 2.84. The molecule has 3 N–H and O–H groups in total. The van der Waals surface area contributed by atoms with E-state index < -0.39 is 0 Å². The van der Waals surface area contributed by atoms with Gasteiger partial charge in [-0.2, -0.15) is 11.8 Å². The van der Waals surface area contributed by atoms with Crippen LogP contribution in [0.4, 0.5) is 0 Å². The topological polar surface area (TPSA) is 38.0 Å².